The van der Waals surface area contributed by atoms with Gasteiger partial charge in [0.15, 0.2) is 0 Å². The smallest absolute Gasteiger partial charge is 0.0619 e. The first kappa shape index (κ1) is 13.1. The van der Waals surface area contributed by atoms with Crippen LogP contribution in [0.25, 0.3) is 0 Å². The highest BCUT2D eigenvalue weighted by Gasteiger charge is 2.36. The molecule has 2 nitrogen and oxygen atoms in total. The van der Waals surface area contributed by atoms with Gasteiger partial charge in [-0.05, 0) is 42.2 Å². The molecule has 1 fully saturated rings. The summed E-state index contributed by atoms with van der Waals surface area (Å²) in [7, 11) is 0. The molecule has 0 saturated carbocycles. The Balaban J connectivity index is 1.84. The quantitative estimate of drug-likeness (QED) is 0.878. The molecule has 1 heterocycles. The van der Waals surface area contributed by atoms with E-state index in [1.54, 1.807) is 0 Å². The lowest BCUT2D eigenvalue weighted by molar-refractivity contribution is 0.0550. The zero-order chi connectivity index (χ0) is 13.3. The summed E-state index contributed by atoms with van der Waals surface area (Å²) in [4.78, 5) is 0. The molecule has 19 heavy (non-hydrogen) atoms. The van der Waals surface area contributed by atoms with Crippen molar-refractivity contribution >= 4 is 0 Å². The Kier molecular flexibility index (Phi) is 3.64. The minimum Gasteiger partial charge on any atom is -0.380 e. The van der Waals surface area contributed by atoms with Crippen molar-refractivity contribution in [2.75, 3.05) is 13.2 Å². The third-order valence-electron chi connectivity index (χ3n) is 4.75. The molecule has 1 aliphatic carbocycles. The van der Waals surface area contributed by atoms with Crippen LogP contribution in [0.1, 0.15) is 50.3 Å². The summed E-state index contributed by atoms with van der Waals surface area (Å²) in [6.07, 6.45) is 4.90. The van der Waals surface area contributed by atoms with Crippen molar-refractivity contribution in [2.24, 2.45) is 5.41 Å². The van der Waals surface area contributed by atoms with Crippen LogP contribution in [0.15, 0.2) is 24.3 Å². The number of nitrogens with one attached hydrogen (secondary N) is 1. The summed E-state index contributed by atoms with van der Waals surface area (Å²) in [5.41, 5.74) is 3.35. The minimum atomic E-state index is 0.325. The molecule has 1 saturated heterocycles. The molecule has 0 spiro atoms. The van der Waals surface area contributed by atoms with Crippen LogP contribution in [0.5, 0.6) is 0 Å². The number of hydrogen-bond donors (Lipinski definition) is 1. The molecule has 3 rings (SSSR count). The fourth-order valence-corrected chi connectivity index (χ4v) is 3.49. The second-order valence-electron chi connectivity index (χ2n) is 6.70. The van der Waals surface area contributed by atoms with Gasteiger partial charge < -0.3 is 10.1 Å². The van der Waals surface area contributed by atoms with Crippen LogP contribution in [0.2, 0.25) is 0 Å². The zero-order valence-electron chi connectivity index (χ0n) is 12.1. The molecule has 104 valence electrons. The molecule has 0 bridgehead atoms. The monoisotopic (exact) mass is 259 g/mol. The Hall–Kier alpha value is -0.860. The molecule has 2 aliphatic rings. The van der Waals surface area contributed by atoms with Gasteiger partial charge in [-0.25, -0.2) is 0 Å². The number of rotatable bonds is 2. The maximum absolute atomic E-state index is 5.62. The van der Waals surface area contributed by atoms with E-state index in [9.17, 15) is 0 Å². The van der Waals surface area contributed by atoms with Crippen molar-refractivity contribution in [1.29, 1.82) is 0 Å². The van der Waals surface area contributed by atoms with Crippen LogP contribution in [0.3, 0.4) is 0 Å². The first-order valence-corrected chi connectivity index (χ1v) is 7.58. The number of ether oxygens (including phenoxy) is 1. The maximum atomic E-state index is 5.62. The fourth-order valence-electron chi connectivity index (χ4n) is 3.49. The molecule has 1 aromatic carbocycles. The highest BCUT2D eigenvalue weighted by molar-refractivity contribution is 5.34. The Morgan fingerprint density at radius 1 is 1.26 bits per heavy atom. The highest BCUT2D eigenvalue weighted by atomic mass is 16.5. The van der Waals surface area contributed by atoms with Gasteiger partial charge in [0.1, 0.15) is 0 Å². The molecule has 1 aromatic rings. The third-order valence-corrected chi connectivity index (χ3v) is 4.75. The van der Waals surface area contributed by atoms with Crippen molar-refractivity contribution < 1.29 is 4.74 Å². The van der Waals surface area contributed by atoms with Gasteiger partial charge in [-0.1, -0.05) is 38.1 Å². The average Bonchev–Trinajstić information content (AvgIpc) is 2.43. The van der Waals surface area contributed by atoms with Crippen LogP contribution in [0.4, 0.5) is 0 Å². The van der Waals surface area contributed by atoms with Gasteiger partial charge in [0, 0.05) is 18.7 Å². The normalized spacial score (nSPS) is 29.8. The van der Waals surface area contributed by atoms with E-state index in [1.165, 1.54) is 36.8 Å². The number of hydrogen-bond acceptors (Lipinski definition) is 2. The molecule has 0 amide bonds. The SMILES string of the molecule is CC1(C)CCc2ccccc2C1NC1CCCOC1. The van der Waals surface area contributed by atoms with Crippen LogP contribution < -0.4 is 5.32 Å². The first-order chi connectivity index (χ1) is 9.17. The van der Waals surface area contributed by atoms with Crippen molar-refractivity contribution in [3.8, 4) is 0 Å². The molecular weight excluding hydrogens is 234 g/mol. The fraction of sp³-hybridized carbons (Fsp3) is 0.647. The summed E-state index contributed by atoms with van der Waals surface area (Å²) in [6.45, 7) is 6.59. The van der Waals surface area contributed by atoms with Crippen LogP contribution >= 0.6 is 0 Å². The molecule has 2 unspecified atom stereocenters. The molecule has 1 N–H and O–H groups in total. The van der Waals surface area contributed by atoms with Crippen molar-refractivity contribution in [2.45, 2.75) is 51.6 Å². The lowest BCUT2D eigenvalue weighted by atomic mass is 9.70. The van der Waals surface area contributed by atoms with Crippen molar-refractivity contribution in [1.82, 2.24) is 5.32 Å². The molecular formula is C17H25NO. The highest BCUT2D eigenvalue weighted by Crippen LogP contribution is 2.43. The van der Waals surface area contributed by atoms with Crippen LogP contribution in [-0.4, -0.2) is 19.3 Å². The summed E-state index contributed by atoms with van der Waals surface area (Å²) in [6, 6.07) is 9.91. The largest absolute Gasteiger partial charge is 0.380 e. The third kappa shape index (κ3) is 2.70. The van der Waals surface area contributed by atoms with E-state index in [-0.39, 0.29) is 0 Å². The predicted molar refractivity (Wildman–Crippen MR) is 78.3 cm³/mol. The van der Waals surface area contributed by atoms with Gasteiger partial charge in [0.25, 0.3) is 0 Å². The molecule has 1 aliphatic heterocycles. The van der Waals surface area contributed by atoms with Gasteiger partial charge >= 0.3 is 0 Å². The first-order valence-electron chi connectivity index (χ1n) is 7.58. The van der Waals surface area contributed by atoms with Crippen LogP contribution in [-0.2, 0) is 11.2 Å². The average molecular weight is 259 g/mol. The van der Waals surface area contributed by atoms with Gasteiger partial charge in [-0.15, -0.1) is 0 Å². The van der Waals surface area contributed by atoms with Gasteiger partial charge in [-0.2, -0.15) is 0 Å². The predicted octanol–water partition coefficient (Wildman–Crippen LogP) is 3.47. The van der Waals surface area contributed by atoms with E-state index in [1.807, 2.05) is 0 Å². The lowest BCUT2D eigenvalue weighted by Crippen LogP contribution is -2.46. The number of fused-ring (bicyclic) bond motifs is 1. The van der Waals surface area contributed by atoms with Crippen molar-refractivity contribution in [3.63, 3.8) is 0 Å². The van der Waals surface area contributed by atoms with Gasteiger partial charge in [0.05, 0.1) is 6.61 Å². The summed E-state index contributed by atoms with van der Waals surface area (Å²) in [5, 5.41) is 3.88. The van der Waals surface area contributed by atoms with E-state index in [2.05, 4.69) is 43.4 Å². The standard InChI is InChI=1S/C17H25NO/c1-17(2)10-9-13-6-3-4-8-15(13)16(17)18-14-7-5-11-19-12-14/h3-4,6,8,14,16,18H,5,7,9-12H2,1-2H3. The van der Waals surface area contributed by atoms with E-state index in [0.29, 0.717) is 17.5 Å². The summed E-state index contributed by atoms with van der Waals surface area (Å²) >= 11 is 0. The topological polar surface area (TPSA) is 21.3 Å². The second kappa shape index (κ2) is 5.26. The Labute approximate surface area is 116 Å². The lowest BCUT2D eigenvalue weighted by Gasteiger charge is -2.43. The van der Waals surface area contributed by atoms with E-state index in [4.69, 9.17) is 4.74 Å². The van der Waals surface area contributed by atoms with Crippen molar-refractivity contribution in [3.05, 3.63) is 35.4 Å². The Morgan fingerprint density at radius 3 is 2.89 bits per heavy atom. The summed E-state index contributed by atoms with van der Waals surface area (Å²) < 4.78 is 5.62. The molecule has 2 heteroatoms. The molecule has 0 aromatic heterocycles. The minimum absolute atomic E-state index is 0.325. The van der Waals surface area contributed by atoms with E-state index < -0.39 is 0 Å². The second-order valence-corrected chi connectivity index (χ2v) is 6.70. The Morgan fingerprint density at radius 2 is 2.11 bits per heavy atom. The van der Waals surface area contributed by atoms with Gasteiger partial charge in [0.2, 0.25) is 0 Å². The molecule has 2 atom stereocenters. The number of benzene rings is 1. The Bertz CT molecular complexity index is 435. The number of aryl methyl sites for hydroxylation is 1. The molecule has 0 radical (unpaired) electrons. The van der Waals surface area contributed by atoms with E-state index in [0.717, 1.165) is 13.2 Å². The maximum Gasteiger partial charge on any atom is 0.0619 e. The summed E-state index contributed by atoms with van der Waals surface area (Å²) in [5.74, 6) is 0. The van der Waals surface area contributed by atoms with E-state index >= 15 is 0 Å². The zero-order valence-corrected chi connectivity index (χ0v) is 12.1. The van der Waals surface area contributed by atoms with Crippen LogP contribution in [0, 0.1) is 5.41 Å². The van der Waals surface area contributed by atoms with Gasteiger partial charge in [-0.3, -0.25) is 0 Å².